The number of rotatable bonds is 5. The predicted octanol–water partition coefficient (Wildman–Crippen LogP) is 4.31. The maximum absolute atomic E-state index is 12.9. The van der Waals surface area contributed by atoms with E-state index in [0.29, 0.717) is 19.4 Å². The topological polar surface area (TPSA) is 50.3 Å². The fraction of sp³-hybridized carbons (Fsp3) is 0.350. The molecular formula is C20H19F3N2O2S. The molecule has 0 bridgehead atoms. The molecule has 2 heterocycles. The van der Waals surface area contributed by atoms with Crippen molar-refractivity contribution in [2.24, 2.45) is 5.92 Å². The molecule has 1 saturated heterocycles. The van der Waals surface area contributed by atoms with Crippen LogP contribution in [0.25, 0.3) is 0 Å². The summed E-state index contributed by atoms with van der Waals surface area (Å²) in [6, 6.07) is 8.11. The summed E-state index contributed by atoms with van der Waals surface area (Å²) < 4.78 is 38.7. The molecule has 148 valence electrons. The van der Waals surface area contributed by atoms with Crippen LogP contribution in [0.5, 0.6) is 0 Å². The Morgan fingerprint density at radius 1 is 1.18 bits per heavy atom. The molecule has 2 aromatic rings. The van der Waals surface area contributed by atoms with Crippen molar-refractivity contribution >= 4 is 23.5 Å². The molecule has 28 heavy (non-hydrogen) atoms. The van der Waals surface area contributed by atoms with Crippen molar-refractivity contribution in [3.8, 4) is 0 Å². The van der Waals surface area contributed by atoms with E-state index in [2.05, 4.69) is 4.98 Å². The van der Waals surface area contributed by atoms with E-state index in [4.69, 9.17) is 0 Å². The molecule has 0 radical (unpaired) electrons. The number of pyridine rings is 1. The summed E-state index contributed by atoms with van der Waals surface area (Å²) in [4.78, 5) is 31.7. The number of halogens is 3. The van der Waals surface area contributed by atoms with Crippen molar-refractivity contribution in [1.29, 1.82) is 0 Å². The summed E-state index contributed by atoms with van der Waals surface area (Å²) in [5, 5.41) is 0. The molecule has 0 aliphatic carbocycles. The maximum Gasteiger partial charge on any atom is 0.416 e. The van der Waals surface area contributed by atoms with E-state index in [-0.39, 0.29) is 29.6 Å². The molecular weight excluding hydrogens is 389 g/mol. The Balaban J connectivity index is 1.62. The van der Waals surface area contributed by atoms with Gasteiger partial charge in [-0.1, -0.05) is 12.1 Å². The number of carbonyl (C=O) groups excluding carboxylic acids is 2. The second-order valence-electron chi connectivity index (χ2n) is 6.59. The van der Waals surface area contributed by atoms with Gasteiger partial charge in [0.2, 0.25) is 5.91 Å². The highest BCUT2D eigenvalue weighted by Crippen LogP contribution is 2.31. The van der Waals surface area contributed by atoms with Crippen LogP contribution < -0.4 is 0 Å². The molecule has 1 aliphatic heterocycles. The van der Waals surface area contributed by atoms with Crippen molar-refractivity contribution in [1.82, 2.24) is 9.88 Å². The Bertz CT molecular complexity index is 843. The smallest absolute Gasteiger partial charge is 0.341 e. The van der Waals surface area contributed by atoms with Gasteiger partial charge in [0.25, 0.3) is 0 Å². The first-order valence-electron chi connectivity index (χ1n) is 8.86. The SMILES string of the molecule is O=C(c1cccc(C(F)(F)F)c1)C1CCCN(C(=O)CSc2ccncc2)C1. The predicted molar refractivity (Wildman–Crippen MR) is 100 cm³/mol. The van der Waals surface area contributed by atoms with Gasteiger partial charge in [0.15, 0.2) is 5.78 Å². The van der Waals surface area contributed by atoms with E-state index in [0.717, 1.165) is 17.0 Å². The Labute approximate surface area is 165 Å². The minimum atomic E-state index is -4.49. The highest BCUT2D eigenvalue weighted by molar-refractivity contribution is 8.00. The summed E-state index contributed by atoms with van der Waals surface area (Å²) in [5.41, 5.74) is -0.795. The van der Waals surface area contributed by atoms with Crippen LogP contribution in [0.2, 0.25) is 0 Å². The molecule has 1 aromatic heterocycles. The van der Waals surface area contributed by atoms with Crippen molar-refractivity contribution in [2.75, 3.05) is 18.8 Å². The van der Waals surface area contributed by atoms with Crippen molar-refractivity contribution in [3.63, 3.8) is 0 Å². The van der Waals surface area contributed by atoms with Gasteiger partial charge in [-0.15, -0.1) is 11.8 Å². The van der Waals surface area contributed by atoms with Crippen molar-refractivity contribution in [3.05, 3.63) is 59.9 Å². The van der Waals surface area contributed by atoms with Crippen LogP contribution in [0.4, 0.5) is 13.2 Å². The molecule has 1 aromatic carbocycles. The fourth-order valence-electron chi connectivity index (χ4n) is 3.17. The van der Waals surface area contributed by atoms with Gasteiger partial charge in [-0.25, -0.2) is 0 Å². The first-order valence-corrected chi connectivity index (χ1v) is 9.85. The van der Waals surface area contributed by atoms with Crippen molar-refractivity contribution in [2.45, 2.75) is 23.9 Å². The number of alkyl halides is 3. The van der Waals surface area contributed by atoms with Gasteiger partial charge in [0.05, 0.1) is 11.3 Å². The lowest BCUT2D eigenvalue weighted by atomic mass is 9.89. The number of Topliss-reactive ketones (excluding diaryl/α,β-unsaturated/α-hetero) is 1. The van der Waals surface area contributed by atoms with Crippen LogP contribution in [0, 0.1) is 5.92 Å². The van der Waals surface area contributed by atoms with Gasteiger partial charge in [-0.05, 0) is 37.1 Å². The lowest BCUT2D eigenvalue weighted by molar-refractivity contribution is -0.137. The quantitative estimate of drug-likeness (QED) is 0.546. The number of likely N-dealkylation sites (tertiary alicyclic amines) is 1. The molecule has 0 N–H and O–H groups in total. The fourth-order valence-corrected chi connectivity index (χ4v) is 3.96. The average Bonchev–Trinajstić information content (AvgIpc) is 2.72. The van der Waals surface area contributed by atoms with E-state index in [9.17, 15) is 22.8 Å². The molecule has 1 atom stereocenters. The number of benzene rings is 1. The molecule has 0 saturated carbocycles. The van der Waals surface area contributed by atoms with E-state index >= 15 is 0 Å². The van der Waals surface area contributed by atoms with E-state index in [1.807, 2.05) is 12.1 Å². The van der Waals surface area contributed by atoms with Crippen LogP contribution >= 0.6 is 11.8 Å². The summed E-state index contributed by atoms with van der Waals surface area (Å²) in [6.07, 6.45) is 0.0291. The van der Waals surface area contributed by atoms with Crippen LogP contribution in [0.1, 0.15) is 28.8 Å². The molecule has 4 nitrogen and oxygen atoms in total. The molecule has 1 unspecified atom stereocenters. The first kappa shape index (κ1) is 20.4. The molecule has 1 aliphatic rings. The number of ketones is 1. The van der Waals surface area contributed by atoms with Gasteiger partial charge < -0.3 is 4.90 Å². The highest BCUT2D eigenvalue weighted by Gasteiger charge is 2.33. The zero-order valence-electron chi connectivity index (χ0n) is 15.0. The normalized spacial score (nSPS) is 17.4. The second-order valence-corrected chi connectivity index (χ2v) is 7.64. The third kappa shape index (κ3) is 5.13. The number of piperidine rings is 1. The van der Waals surface area contributed by atoms with Gasteiger partial charge >= 0.3 is 6.18 Å². The minimum Gasteiger partial charge on any atom is -0.341 e. The lowest BCUT2D eigenvalue weighted by Gasteiger charge is -2.32. The third-order valence-corrected chi connectivity index (χ3v) is 5.63. The van der Waals surface area contributed by atoms with Crippen LogP contribution in [-0.4, -0.2) is 40.4 Å². The van der Waals surface area contributed by atoms with Gasteiger partial charge in [-0.3, -0.25) is 14.6 Å². The summed E-state index contributed by atoms with van der Waals surface area (Å²) in [5.74, 6) is -0.657. The summed E-state index contributed by atoms with van der Waals surface area (Å²) >= 11 is 1.39. The molecule has 0 spiro atoms. The Kier molecular flexibility index (Phi) is 6.39. The van der Waals surface area contributed by atoms with E-state index in [1.54, 1.807) is 17.3 Å². The zero-order chi connectivity index (χ0) is 20.1. The van der Waals surface area contributed by atoms with Crippen LogP contribution in [0.15, 0.2) is 53.7 Å². The number of aromatic nitrogens is 1. The number of hydrogen-bond donors (Lipinski definition) is 0. The molecule has 3 rings (SSSR count). The lowest BCUT2D eigenvalue weighted by Crippen LogP contribution is -2.43. The Morgan fingerprint density at radius 3 is 2.64 bits per heavy atom. The largest absolute Gasteiger partial charge is 0.416 e. The molecule has 1 fully saturated rings. The average molecular weight is 408 g/mol. The number of nitrogens with zero attached hydrogens (tertiary/aromatic N) is 2. The van der Waals surface area contributed by atoms with Crippen molar-refractivity contribution < 1.29 is 22.8 Å². The molecule has 1 amide bonds. The number of amides is 1. The van der Waals surface area contributed by atoms with E-state index < -0.39 is 17.7 Å². The number of hydrogen-bond acceptors (Lipinski definition) is 4. The summed E-state index contributed by atoms with van der Waals surface area (Å²) in [7, 11) is 0. The maximum atomic E-state index is 12.9. The standard InChI is InChI=1S/C20H19F3N2O2S/c21-20(22,23)16-5-1-3-14(11-16)19(27)15-4-2-10-25(12-15)18(26)13-28-17-6-8-24-9-7-17/h1,3,5-9,11,15H,2,4,10,12-13H2. The van der Waals surface area contributed by atoms with E-state index in [1.165, 1.54) is 23.9 Å². The zero-order valence-corrected chi connectivity index (χ0v) is 15.8. The van der Waals surface area contributed by atoms with Gasteiger partial charge in [0.1, 0.15) is 0 Å². The number of thioether (sulfide) groups is 1. The van der Waals surface area contributed by atoms with Gasteiger partial charge in [-0.2, -0.15) is 13.2 Å². The first-order chi connectivity index (χ1) is 13.3. The minimum absolute atomic E-state index is 0.0419. The van der Waals surface area contributed by atoms with Crippen LogP contribution in [-0.2, 0) is 11.0 Å². The highest BCUT2D eigenvalue weighted by atomic mass is 32.2. The third-order valence-electron chi connectivity index (χ3n) is 4.63. The number of carbonyl (C=O) groups is 2. The molecule has 8 heteroatoms. The Hall–Kier alpha value is -2.35. The second kappa shape index (κ2) is 8.77. The monoisotopic (exact) mass is 408 g/mol. The Morgan fingerprint density at radius 2 is 1.93 bits per heavy atom. The van der Waals surface area contributed by atoms with Crippen LogP contribution in [0.3, 0.4) is 0 Å². The van der Waals surface area contributed by atoms with Gasteiger partial charge in [0, 0.05) is 41.9 Å². The summed E-state index contributed by atoms with van der Waals surface area (Å²) in [6.45, 7) is 0.799.